The van der Waals surface area contributed by atoms with E-state index in [4.69, 9.17) is 9.47 Å². The molecule has 0 spiro atoms. The van der Waals surface area contributed by atoms with Gasteiger partial charge >= 0.3 is 6.09 Å². The Balaban J connectivity index is 1.28. The Bertz CT molecular complexity index is 836. The minimum absolute atomic E-state index is 0.233. The maximum absolute atomic E-state index is 12.4. The minimum atomic E-state index is -0.233. The third-order valence-electron chi connectivity index (χ3n) is 5.26. The first-order chi connectivity index (χ1) is 14.3. The van der Waals surface area contributed by atoms with Crippen LogP contribution >= 0.6 is 0 Å². The summed E-state index contributed by atoms with van der Waals surface area (Å²) in [5, 5.41) is 0. The first kappa shape index (κ1) is 19.3. The van der Waals surface area contributed by atoms with Crippen molar-refractivity contribution >= 4 is 17.7 Å². The van der Waals surface area contributed by atoms with Gasteiger partial charge in [-0.05, 0) is 29.7 Å². The predicted molar refractivity (Wildman–Crippen MR) is 113 cm³/mol. The smallest absolute Gasteiger partial charge is 0.410 e. The molecule has 29 heavy (non-hydrogen) atoms. The summed E-state index contributed by atoms with van der Waals surface area (Å²) in [6.45, 7) is 4.90. The number of benzene rings is 2. The number of amides is 1. The molecule has 2 aliphatic rings. The van der Waals surface area contributed by atoms with Crippen LogP contribution in [0.15, 0.2) is 59.6 Å². The molecule has 0 bridgehead atoms. The molecule has 2 heterocycles. The molecule has 2 aliphatic heterocycles. The molecule has 1 fully saturated rings. The van der Waals surface area contributed by atoms with Crippen molar-refractivity contribution in [3.8, 4) is 0 Å². The monoisotopic (exact) mass is 393 g/mol. The molecular formula is C23H27N3O3. The first-order valence-corrected chi connectivity index (χ1v) is 10.2. The van der Waals surface area contributed by atoms with E-state index in [1.807, 2.05) is 35.2 Å². The topological polar surface area (TPSA) is 54.4 Å². The molecule has 0 saturated carbocycles. The van der Waals surface area contributed by atoms with Gasteiger partial charge in [-0.15, -0.1) is 0 Å². The van der Waals surface area contributed by atoms with E-state index >= 15 is 0 Å². The van der Waals surface area contributed by atoms with Crippen molar-refractivity contribution in [3.63, 3.8) is 0 Å². The van der Waals surface area contributed by atoms with Gasteiger partial charge in [0.1, 0.15) is 13.2 Å². The Kier molecular flexibility index (Phi) is 6.29. The third kappa shape index (κ3) is 5.28. The van der Waals surface area contributed by atoms with Gasteiger partial charge in [-0.1, -0.05) is 42.5 Å². The zero-order valence-electron chi connectivity index (χ0n) is 16.6. The van der Waals surface area contributed by atoms with Gasteiger partial charge in [-0.3, -0.25) is 4.99 Å². The molecule has 6 heteroatoms. The summed E-state index contributed by atoms with van der Waals surface area (Å²) < 4.78 is 11.0. The van der Waals surface area contributed by atoms with Gasteiger partial charge in [0.15, 0.2) is 5.90 Å². The molecule has 0 atom stereocenters. The summed E-state index contributed by atoms with van der Waals surface area (Å²) in [6.07, 6.45) is 1.44. The molecule has 1 saturated heterocycles. The Morgan fingerprint density at radius 1 is 0.966 bits per heavy atom. The van der Waals surface area contributed by atoms with E-state index in [-0.39, 0.29) is 6.09 Å². The van der Waals surface area contributed by atoms with Crippen molar-refractivity contribution in [3.05, 3.63) is 65.7 Å². The Morgan fingerprint density at radius 2 is 1.79 bits per heavy atom. The minimum Gasteiger partial charge on any atom is -0.479 e. The molecule has 152 valence electrons. The fourth-order valence-corrected chi connectivity index (χ4v) is 3.65. The molecule has 2 aromatic carbocycles. The van der Waals surface area contributed by atoms with Crippen LogP contribution < -0.4 is 4.90 Å². The molecule has 6 nitrogen and oxygen atoms in total. The fraction of sp³-hybridized carbons (Fsp3) is 0.391. The zero-order chi connectivity index (χ0) is 19.9. The highest BCUT2D eigenvalue weighted by Crippen LogP contribution is 2.19. The molecule has 2 aromatic rings. The lowest BCUT2D eigenvalue weighted by Crippen LogP contribution is -2.35. The SMILES string of the molecule is O=C(OCc1ccccc1)N1CCCN(c2ccc(CC3=NCCO3)cc2)CC1. The zero-order valence-corrected chi connectivity index (χ0v) is 16.6. The molecule has 0 radical (unpaired) electrons. The number of ether oxygens (including phenoxy) is 2. The van der Waals surface area contributed by atoms with Crippen molar-refractivity contribution < 1.29 is 14.3 Å². The second-order valence-corrected chi connectivity index (χ2v) is 7.33. The average molecular weight is 393 g/mol. The van der Waals surface area contributed by atoms with E-state index in [1.165, 1.54) is 11.3 Å². The first-order valence-electron chi connectivity index (χ1n) is 10.2. The van der Waals surface area contributed by atoms with Crippen LogP contribution in [-0.2, 0) is 22.5 Å². The van der Waals surface area contributed by atoms with E-state index in [1.54, 1.807) is 0 Å². The predicted octanol–water partition coefficient (Wildman–Crippen LogP) is 3.51. The summed E-state index contributed by atoms with van der Waals surface area (Å²) in [4.78, 5) is 20.9. The van der Waals surface area contributed by atoms with Gasteiger partial charge in [0.05, 0.1) is 6.54 Å². The van der Waals surface area contributed by atoms with Crippen LogP contribution in [0.3, 0.4) is 0 Å². The molecule has 0 N–H and O–H groups in total. The lowest BCUT2D eigenvalue weighted by atomic mass is 10.1. The third-order valence-corrected chi connectivity index (χ3v) is 5.26. The fourth-order valence-electron chi connectivity index (χ4n) is 3.65. The number of nitrogens with zero attached hydrogens (tertiary/aromatic N) is 3. The lowest BCUT2D eigenvalue weighted by molar-refractivity contribution is 0.0986. The Labute approximate surface area is 171 Å². The van der Waals surface area contributed by atoms with Gasteiger partial charge in [0.25, 0.3) is 0 Å². The number of anilines is 1. The number of carbonyl (C=O) groups excluding carboxylic acids is 1. The highest BCUT2D eigenvalue weighted by Gasteiger charge is 2.20. The largest absolute Gasteiger partial charge is 0.479 e. The van der Waals surface area contributed by atoms with E-state index in [9.17, 15) is 4.79 Å². The molecule has 1 amide bonds. The number of carbonyl (C=O) groups is 1. The van der Waals surface area contributed by atoms with Crippen molar-refractivity contribution in [2.75, 3.05) is 44.2 Å². The van der Waals surface area contributed by atoms with E-state index in [0.29, 0.717) is 19.8 Å². The van der Waals surface area contributed by atoms with Crippen LogP contribution in [0.25, 0.3) is 0 Å². The van der Waals surface area contributed by atoms with Crippen LogP contribution in [-0.4, -0.2) is 56.2 Å². The Hall–Kier alpha value is -3.02. The molecule has 0 aliphatic carbocycles. The summed E-state index contributed by atoms with van der Waals surface area (Å²) in [7, 11) is 0. The normalized spacial score (nSPS) is 16.8. The number of hydrogen-bond donors (Lipinski definition) is 0. The van der Waals surface area contributed by atoms with Gasteiger partial charge < -0.3 is 19.3 Å². The van der Waals surface area contributed by atoms with E-state index in [2.05, 4.69) is 34.2 Å². The van der Waals surface area contributed by atoms with Crippen LogP contribution in [0, 0.1) is 0 Å². The lowest BCUT2D eigenvalue weighted by Gasteiger charge is -2.23. The van der Waals surface area contributed by atoms with Crippen molar-refractivity contribution in [2.24, 2.45) is 4.99 Å². The molecular weight excluding hydrogens is 366 g/mol. The number of rotatable bonds is 5. The highest BCUT2D eigenvalue weighted by molar-refractivity contribution is 5.79. The van der Waals surface area contributed by atoms with Crippen molar-refractivity contribution in [1.29, 1.82) is 0 Å². The van der Waals surface area contributed by atoms with Crippen LogP contribution in [0.5, 0.6) is 0 Å². The second kappa shape index (κ2) is 9.45. The molecule has 0 unspecified atom stereocenters. The molecule has 4 rings (SSSR count). The van der Waals surface area contributed by atoms with Gasteiger partial charge in [0, 0.05) is 38.3 Å². The number of hydrogen-bond acceptors (Lipinski definition) is 5. The second-order valence-electron chi connectivity index (χ2n) is 7.33. The maximum Gasteiger partial charge on any atom is 0.410 e. The van der Waals surface area contributed by atoms with E-state index in [0.717, 1.165) is 50.5 Å². The average Bonchev–Trinajstić information content (AvgIpc) is 3.15. The summed E-state index contributed by atoms with van der Waals surface area (Å²) in [6, 6.07) is 18.4. The van der Waals surface area contributed by atoms with Gasteiger partial charge in [0.2, 0.25) is 0 Å². The summed E-state index contributed by atoms with van der Waals surface area (Å²) in [5.41, 5.74) is 3.39. The van der Waals surface area contributed by atoms with E-state index < -0.39 is 0 Å². The highest BCUT2D eigenvalue weighted by atomic mass is 16.6. The summed E-state index contributed by atoms with van der Waals surface area (Å²) >= 11 is 0. The Morgan fingerprint density at radius 3 is 2.55 bits per heavy atom. The van der Waals surface area contributed by atoms with Crippen LogP contribution in [0.1, 0.15) is 17.5 Å². The van der Waals surface area contributed by atoms with Crippen LogP contribution in [0.4, 0.5) is 10.5 Å². The maximum atomic E-state index is 12.4. The summed E-state index contributed by atoms with van der Waals surface area (Å²) in [5.74, 6) is 0.831. The standard InChI is InChI=1S/C23H27N3O3/c27-23(29-18-20-5-2-1-3-6-20)26-13-4-12-25(14-15-26)21-9-7-19(8-10-21)17-22-24-11-16-28-22/h1-3,5-10H,4,11-18H2. The number of aliphatic imine (C=N–C) groups is 1. The van der Waals surface area contributed by atoms with Crippen molar-refractivity contribution in [2.45, 2.75) is 19.4 Å². The quantitative estimate of drug-likeness (QED) is 0.780. The van der Waals surface area contributed by atoms with Crippen molar-refractivity contribution in [1.82, 2.24) is 4.90 Å². The van der Waals surface area contributed by atoms with Crippen LogP contribution in [0.2, 0.25) is 0 Å². The van der Waals surface area contributed by atoms with Gasteiger partial charge in [-0.25, -0.2) is 4.79 Å². The van der Waals surface area contributed by atoms with Gasteiger partial charge in [-0.2, -0.15) is 0 Å². The molecule has 0 aromatic heterocycles.